The number of hydrogen-bond donors (Lipinski definition) is 0. The van der Waals surface area contributed by atoms with Crippen molar-refractivity contribution in [1.82, 2.24) is 0 Å². The third kappa shape index (κ3) is 5.13. The molecular formula is C20H21F15OSn. The van der Waals surface area contributed by atoms with E-state index in [1.165, 1.54) is 18.2 Å². The van der Waals surface area contributed by atoms with Crippen molar-refractivity contribution in [1.29, 1.82) is 0 Å². The fraction of sp³-hybridized carbons (Fsp3) is 0.700. The number of halogens is 15. The third-order valence-electron chi connectivity index (χ3n) is 5.63. The van der Waals surface area contributed by atoms with E-state index in [1.807, 2.05) is 0 Å². The van der Waals surface area contributed by atoms with E-state index in [4.69, 9.17) is 0 Å². The summed E-state index contributed by atoms with van der Waals surface area (Å²) in [5.41, 5.74) is -0.139. The maximum absolute atomic E-state index is 15.2. The van der Waals surface area contributed by atoms with Gasteiger partial charge in [-0.3, -0.25) is 0 Å². The van der Waals surface area contributed by atoms with Gasteiger partial charge in [0.05, 0.1) is 0 Å². The first-order valence-electron chi connectivity index (χ1n) is 10.3. The molecule has 0 aliphatic rings. The van der Waals surface area contributed by atoms with Gasteiger partial charge in [-0.05, 0) is 0 Å². The number of benzene rings is 1. The number of hydrogen-bond acceptors (Lipinski definition) is 1. The Kier molecular flexibility index (Phi) is 9.94. The molecule has 1 aromatic carbocycles. The molecule has 0 N–H and O–H groups in total. The Morgan fingerprint density at radius 3 is 1.16 bits per heavy atom. The van der Waals surface area contributed by atoms with E-state index >= 15 is 26.3 Å². The summed E-state index contributed by atoms with van der Waals surface area (Å²) in [6.07, 6.45) is -14.1. The van der Waals surface area contributed by atoms with Crippen LogP contribution in [0.4, 0.5) is 65.9 Å². The number of alkyl halides is 15. The third-order valence-corrected chi connectivity index (χ3v) is 17.9. The Hall–Kier alpha value is -1.07. The van der Waals surface area contributed by atoms with Gasteiger partial charge in [0.15, 0.2) is 0 Å². The van der Waals surface area contributed by atoms with Crippen molar-refractivity contribution < 1.29 is 68.9 Å². The monoisotopic (exact) mass is 682 g/mol. The SMILES string of the molecule is CC(F)C(F)(F)[C](F)(F)[Sn]([O]CCc1ccccc1)([C](F)(F)C(F)(F)C(C)F)[C](F)(F)C(F)(F)C(C)F. The van der Waals surface area contributed by atoms with Crippen LogP contribution in [0.5, 0.6) is 0 Å². The molecule has 0 aliphatic heterocycles. The van der Waals surface area contributed by atoms with Gasteiger partial charge >= 0.3 is 206 Å². The second kappa shape index (κ2) is 10.8. The average Bonchev–Trinajstić information content (AvgIpc) is 2.75. The minimum absolute atomic E-state index is 0.139. The van der Waals surface area contributed by atoms with Crippen molar-refractivity contribution >= 4 is 18.8 Å². The van der Waals surface area contributed by atoms with E-state index in [0.717, 1.165) is 12.1 Å². The Morgan fingerprint density at radius 1 is 0.595 bits per heavy atom. The standard InChI is InChI=1S/C8H9O.3C4H4F5.Sn/c9-7-6-8-4-2-1-3-5-8;3*1-2(5)4(8,9)3(6)7;/h1-5H,6-7H2;3*2H,1H3;/q-1;;;;+1. The summed E-state index contributed by atoms with van der Waals surface area (Å²) < 4.78 is 199. The number of rotatable bonds is 13. The average molecular weight is 681 g/mol. The zero-order valence-corrected chi connectivity index (χ0v) is 22.0. The van der Waals surface area contributed by atoms with Crippen molar-refractivity contribution in [3.8, 4) is 0 Å². The second-order valence-corrected chi connectivity index (χ2v) is 18.3. The van der Waals surface area contributed by atoms with Gasteiger partial charge < -0.3 is 0 Å². The van der Waals surface area contributed by atoms with Crippen LogP contribution in [0.3, 0.4) is 0 Å². The van der Waals surface area contributed by atoms with E-state index < -0.39 is 101 Å². The van der Waals surface area contributed by atoms with Crippen LogP contribution in [0.1, 0.15) is 26.3 Å². The molecule has 1 aromatic rings. The fourth-order valence-corrected chi connectivity index (χ4v) is 15.1. The maximum atomic E-state index is 15.2. The van der Waals surface area contributed by atoms with Gasteiger partial charge in [-0.15, -0.1) is 0 Å². The second-order valence-electron chi connectivity index (χ2n) is 8.21. The first kappa shape index (κ1) is 34.0. The Balaban J connectivity index is 4.20. The summed E-state index contributed by atoms with van der Waals surface area (Å²) in [6, 6.07) is 5.90. The van der Waals surface area contributed by atoms with E-state index in [9.17, 15) is 39.5 Å². The molecule has 0 heterocycles. The Bertz CT molecular complexity index is 808. The first-order valence-corrected chi connectivity index (χ1v) is 15.7. The minimum atomic E-state index is -10.9. The molecule has 0 fully saturated rings. The van der Waals surface area contributed by atoms with Crippen LogP contribution in [0.15, 0.2) is 30.3 Å². The molecule has 0 radical (unpaired) electrons. The van der Waals surface area contributed by atoms with Gasteiger partial charge in [0.1, 0.15) is 0 Å². The molecule has 0 aliphatic carbocycles. The van der Waals surface area contributed by atoms with Crippen molar-refractivity contribution in [2.24, 2.45) is 0 Å². The molecule has 0 aromatic heterocycles. The van der Waals surface area contributed by atoms with E-state index in [1.54, 1.807) is 0 Å². The molecular weight excluding hydrogens is 660 g/mol. The van der Waals surface area contributed by atoms with Crippen LogP contribution in [0.2, 0.25) is 0 Å². The van der Waals surface area contributed by atoms with Crippen molar-refractivity contribution in [2.75, 3.05) is 6.61 Å². The summed E-state index contributed by atoms with van der Waals surface area (Å²) in [5.74, 6) is -20.2. The zero-order valence-electron chi connectivity index (χ0n) is 19.1. The van der Waals surface area contributed by atoms with Crippen LogP contribution in [0.25, 0.3) is 0 Å². The molecule has 0 saturated heterocycles. The van der Waals surface area contributed by atoms with Gasteiger partial charge in [0.2, 0.25) is 0 Å². The summed E-state index contributed by atoms with van der Waals surface area (Å²) in [6.45, 7) is -3.42. The molecule has 0 spiro atoms. The summed E-state index contributed by atoms with van der Waals surface area (Å²) in [7, 11) is 0. The predicted octanol–water partition coefficient (Wildman–Crippen LogP) is 7.69. The summed E-state index contributed by atoms with van der Waals surface area (Å²) >= 11 is -10.9. The molecule has 0 saturated carbocycles. The van der Waals surface area contributed by atoms with Crippen LogP contribution in [-0.2, 0) is 9.49 Å². The molecule has 1 nitrogen and oxygen atoms in total. The van der Waals surface area contributed by atoms with Crippen LogP contribution < -0.4 is 0 Å². The van der Waals surface area contributed by atoms with Crippen molar-refractivity contribution in [3.63, 3.8) is 0 Å². The van der Waals surface area contributed by atoms with Gasteiger partial charge in [0, 0.05) is 0 Å². The van der Waals surface area contributed by atoms with Crippen LogP contribution >= 0.6 is 0 Å². The molecule has 216 valence electrons. The van der Waals surface area contributed by atoms with Gasteiger partial charge in [0.25, 0.3) is 0 Å². The van der Waals surface area contributed by atoms with Crippen LogP contribution in [-0.4, -0.2) is 73.5 Å². The fourth-order valence-electron chi connectivity index (χ4n) is 3.28. The first-order chi connectivity index (χ1) is 16.4. The zero-order chi connectivity index (χ0) is 29.5. The predicted molar refractivity (Wildman–Crippen MR) is 103 cm³/mol. The molecule has 0 bridgehead atoms. The Labute approximate surface area is 205 Å². The molecule has 17 heteroatoms. The van der Waals surface area contributed by atoms with Gasteiger partial charge in [-0.2, -0.15) is 0 Å². The molecule has 1 rings (SSSR count). The van der Waals surface area contributed by atoms with Crippen molar-refractivity contribution in [2.45, 2.75) is 75.3 Å². The molecule has 0 amide bonds. The quantitative estimate of drug-likeness (QED) is 0.153. The molecule has 3 atom stereocenters. The summed E-state index contributed by atoms with van der Waals surface area (Å²) in [4.78, 5) is 0. The molecule has 3 unspecified atom stereocenters. The van der Waals surface area contributed by atoms with E-state index in [-0.39, 0.29) is 5.56 Å². The van der Waals surface area contributed by atoms with Gasteiger partial charge in [-0.1, -0.05) is 0 Å². The van der Waals surface area contributed by atoms with E-state index in [0.29, 0.717) is 0 Å². The molecule has 37 heavy (non-hydrogen) atoms. The van der Waals surface area contributed by atoms with Gasteiger partial charge in [-0.25, -0.2) is 0 Å². The topological polar surface area (TPSA) is 9.23 Å². The Morgan fingerprint density at radius 2 is 0.892 bits per heavy atom. The van der Waals surface area contributed by atoms with Crippen LogP contribution in [0, 0.1) is 0 Å². The summed E-state index contributed by atoms with van der Waals surface area (Å²) in [5, 5.41) is 0. The van der Waals surface area contributed by atoms with Crippen molar-refractivity contribution in [3.05, 3.63) is 35.9 Å². The normalized spacial score (nSPS) is 18.8. The van der Waals surface area contributed by atoms with E-state index in [2.05, 4.69) is 3.07 Å².